The maximum atomic E-state index is 12.7. The molecule has 2 aromatic carbocycles. The number of piperidine rings is 1. The number of hydrogen-bond acceptors (Lipinski definition) is 3. The van der Waals surface area contributed by atoms with E-state index in [0.717, 1.165) is 34.9 Å². The fourth-order valence-electron chi connectivity index (χ4n) is 3.76. The van der Waals surface area contributed by atoms with Gasteiger partial charge in [-0.05, 0) is 24.6 Å². The first-order valence-electron chi connectivity index (χ1n) is 8.94. The monoisotopic (exact) mass is 338 g/mol. The highest BCUT2D eigenvalue weighted by atomic mass is 16.5. The Morgan fingerprint density at radius 2 is 2.04 bits per heavy atom. The van der Waals surface area contributed by atoms with Crippen molar-refractivity contribution in [2.24, 2.45) is 5.92 Å². The van der Waals surface area contributed by atoms with Gasteiger partial charge in [0.25, 0.3) is 0 Å². The van der Waals surface area contributed by atoms with Crippen LogP contribution in [0.1, 0.15) is 37.3 Å². The lowest BCUT2D eigenvalue weighted by Gasteiger charge is -2.25. The molecule has 2 aliphatic rings. The van der Waals surface area contributed by atoms with Crippen LogP contribution in [0.3, 0.4) is 0 Å². The molecule has 0 unspecified atom stereocenters. The predicted octanol–water partition coefficient (Wildman–Crippen LogP) is 2.70. The van der Waals surface area contributed by atoms with Crippen molar-refractivity contribution in [3.8, 4) is 5.75 Å². The number of hydrogen-bond donors (Lipinski definition) is 2. The Bertz CT molecular complexity index is 818. The van der Waals surface area contributed by atoms with Crippen molar-refractivity contribution in [1.82, 2.24) is 10.6 Å². The Morgan fingerprint density at radius 3 is 2.92 bits per heavy atom. The van der Waals surface area contributed by atoms with E-state index in [2.05, 4.69) is 34.9 Å². The smallest absolute Gasteiger partial charge is 0.224 e. The van der Waals surface area contributed by atoms with E-state index in [1.165, 1.54) is 0 Å². The van der Waals surface area contributed by atoms with Crippen LogP contribution >= 0.6 is 0 Å². The molecule has 0 aromatic heterocycles. The summed E-state index contributed by atoms with van der Waals surface area (Å²) in [5.41, 5.74) is 1.03. The Balaban J connectivity index is 1.62. The van der Waals surface area contributed by atoms with Crippen molar-refractivity contribution < 1.29 is 14.3 Å². The lowest BCUT2D eigenvalue weighted by molar-refractivity contribution is -0.132. The molecule has 0 spiro atoms. The third-order valence-corrected chi connectivity index (χ3v) is 5.10. The fourth-order valence-corrected chi connectivity index (χ4v) is 3.76. The number of carbonyl (C=O) groups is 2. The first kappa shape index (κ1) is 15.9. The summed E-state index contributed by atoms with van der Waals surface area (Å²) in [5.74, 6) is 0.576. The van der Waals surface area contributed by atoms with Gasteiger partial charge in [-0.25, -0.2) is 0 Å². The zero-order valence-electron chi connectivity index (χ0n) is 14.1. The van der Waals surface area contributed by atoms with Crippen LogP contribution in [0.25, 0.3) is 10.8 Å². The van der Waals surface area contributed by atoms with E-state index in [1.807, 2.05) is 12.1 Å². The molecule has 0 radical (unpaired) electrons. The highest BCUT2D eigenvalue weighted by Gasteiger charge is 2.29. The largest absolute Gasteiger partial charge is 0.493 e. The molecule has 130 valence electrons. The molecule has 1 fully saturated rings. The second kappa shape index (κ2) is 6.75. The molecule has 25 heavy (non-hydrogen) atoms. The van der Waals surface area contributed by atoms with Crippen LogP contribution in [0, 0.1) is 5.92 Å². The minimum atomic E-state index is -0.234. The van der Waals surface area contributed by atoms with Crippen LogP contribution in [0.2, 0.25) is 0 Å². The quantitative estimate of drug-likeness (QED) is 0.885. The topological polar surface area (TPSA) is 67.4 Å². The normalized spacial score (nSPS) is 23.1. The Morgan fingerprint density at radius 1 is 1.16 bits per heavy atom. The summed E-state index contributed by atoms with van der Waals surface area (Å²) in [6.07, 6.45) is 2.71. The van der Waals surface area contributed by atoms with E-state index in [0.29, 0.717) is 19.6 Å². The van der Waals surface area contributed by atoms with Gasteiger partial charge in [0.1, 0.15) is 5.75 Å². The van der Waals surface area contributed by atoms with E-state index in [-0.39, 0.29) is 30.2 Å². The average molecular weight is 338 g/mol. The molecule has 2 atom stereocenters. The maximum absolute atomic E-state index is 12.7. The molecule has 5 heteroatoms. The molecular formula is C20H22N2O3. The van der Waals surface area contributed by atoms with Crippen LogP contribution in [0.4, 0.5) is 0 Å². The van der Waals surface area contributed by atoms with Gasteiger partial charge < -0.3 is 15.4 Å². The van der Waals surface area contributed by atoms with Crippen LogP contribution in [-0.2, 0) is 9.59 Å². The van der Waals surface area contributed by atoms with Crippen molar-refractivity contribution >= 4 is 22.6 Å². The van der Waals surface area contributed by atoms with Crippen molar-refractivity contribution in [3.63, 3.8) is 0 Å². The molecule has 4 rings (SSSR count). The van der Waals surface area contributed by atoms with Crippen molar-refractivity contribution in [1.29, 1.82) is 0 Å². The number of amides is 2. The average Bonchev–Trinajstić information content (AvgIpc) is 2.84. The molecular weight excluding hydrogens is 316 g/mol. The van der Waals surface area contributed by atoms with Crippen molar-refractivity contribution in [2.75, 3.05) is 13.2 Å². The Labute approximate surface area is 146 Å². The Kier molecular flexibility index (Phi) is 4.30. The van der Waals surface area contributed by atoms with Gasteiger partial charge in [0.2, 0.25) is 11.8 Å². The third-order valence-electron chi connectivity index (χ3n) is 5.10. The molecule has 0 bridgehead atoms. The van der Waals surface area contributed by atoms with Gasteiger partial charge in [0.05, 0.1) is 12.6 Å². The minimum absolute atomic E-state index is 0.0270. The van der Waals surface area contributed by atoms with Crippen LogP contribution < -0.4 is 15.4 Å². The summed E-state index contributed by atoms with van der Waals surface area (Å²) in [6.45, 7) is 1.23. The zero-order chi connectivity index (χ0) is 17.2. The number of benzene rings is 2. The molecule has 2 amide bonds. The Hall–Kier alpha value is -2.56. The molecule has 2 aliphatic heterocycles. The van der Waals surface area contributed by atoms with E-state index < -0.39 is 0 Å². The first-order valence-corrected chi connectivity index (χ1v) is 8.94. The number of fused-ring (bicyclic) bond motifs is 3. The van der Waals surface area contributed by atoms with Gasteiger partial charge >= 0.3 is 0 Å². The summed E-state index contributed by atoms with van der Waals surface area (Å²) in [5, 5.41) is 8.17. The number of carbonyl (C=O) groups excluding carboxylic acids is 2. The summed E-state index contributed by atoms with van der Waals surface area (Å²) >= 11 is 0. The number of nitrogens with one attached hydrogen (secondary N) is 2. The van der Waals surface area contributed by atoms with Gasteiger partial charge in [-0.15, -0.1) is 0 Å². The highest BCUT2D eigenvalue weighted by Crippen LogP contribution is 2.37. The van der Waals surface area contributed by atoms with Gasteiger partial charge in [-0.1, -0.05) is 36.4 Å². The van der Waals surface area contributed by atoms with E-state index in [1.54, 1.807) is 0 Å². The molecule has 2 aromatic rings. The van der Waals surface area contributed by atoms with E-state index >= 15 is 0 Å². The molecule has 1 saturated heterocycles. The van der Waals surface area contributed by atoms with Crippen molar-refractivity contribution in [3.05, 3.63) is 42.0 Å². The summed E-state index contributed by atoms with van der Waals surface area (Å²) in [4.78, 5) is 24.2. The zero-order valence-corrected chi connectivity index (χ0v) is 14.1. The van der Waals surface area contributed by atoms with Gasteiger partial charge in [-0.3, -0.25) is 9.59 Å². The first-order chi connectivity index (χ1) is 12.2. The molecule has 0 saturated carbocycles. The van der Waals surface area contributed by atoms with Gasteiger partial charge in [-0.2, -0.15) is 0 Å². The number of ether oxygens (including phenoxy) is 1. The maximum Gasteiger partial charge on any atom is 0.224 e. The van der Waals surface area contributed by atoms with Crippen LogP contribution in [-0.4, -0.2) is 25.0 Å². The second-order valence-corrected chi connectivity index (χ2v) is 6.80. The van der Waals surface area contributed by atoms with Gasteiger partial charge in [0.15, 0.2) is 0 Å². The van der Waals surface area contributed by atoms with Gasteiger partial charge in [0, 0.05) is 29.8 Å². The minimum Gasteiger partial charge on any atom is -0.493 e. The van der Waals surface area contributed by atoms with Crippen molar-refractivity contribution in [2.45, 2.75) is 31.7 Å². The lowest BCUT2D eigenvalue weighted by Crippen LogP contribution is -2.42. The highest BCUT2D eigenvalue weighted by molar-refractivity contribution is 5.90. The molecule has 5 nitrogen and oxygen atoms in total. The molecule has 2 heterocycles. The summed E-state index contributed by atoms with van der Waals surface area (Å²) < 4.78 is 6.02. The van der Waals surface area contributed by atoms with Crippen LogP contribution in [0.5, 0.6) is 5.75 Å². The number of rotatable bonds is 2. The lowest BCUT2D eigenvalue weighted by atomic mass is 9.94. The van der Waals surface area contributed by atoms with E-state index in [4.69, 9.17) is 4.74 Å². The summed E-state index contributed by atoms with van der Waals surface area (Å²) in [6, 6.07) is 12.2. The molecule has 0 aliphatic carbocycles. The third kappa shape index (κ3) is 3.18. The summed E-state index contributed by atoms with van der Waals surface area (Å²) in [7, 11) is 0. The standard InChI is InChI=1S/C20H22N2O3/c23-18-12-14(9-10-21-18)20(24)22-17-6-3-11-25-19-15-5-2-1-4-13(15)7-8-16(17)19/h1-2,4-5,7-8,14,17H,3,6,9-12H2,(H,21,23)(H,22,24)/t14-,17-/m1/s1. The SMILES string of the molecule is O=C1C[C@H](C(=O)N[C@@H]2CCCOc3c2ccc2ccccc32)CCN1. The fraction of sp³-hybridized carbons (Fsp3) is 0.400. The molecule has 2 N–H and O–H groups in total. The van der Waals surface area contributed by atoms with Crippen LogP contribution in [0.15, 0.2) is 36.4 Å². The predicted molar refractivity (Wildman–Crippen MR) is 95.3 cm³/mol. The van der Waals surface area contributed by atoms with E-state index in [9.17, 15) is 9.59 Å². The second-order valence-electron chi connectivity index (χ2n) is 6.80.